The lowest BCUT2D eigenvalue weighted by Gasteiger charge is -2.32. The van der Waals surface area contributed by atoms with E-state index in [4.69, 9.17) is 14.0 Å². The molecule has 158 valence electrons. The van der Waals surface area contributed by atoms with Crippen LogP contribution in [0.3, 0.4) is 0 Å². The number of hydrogen-bond donors (Lipinski definition) is 2. The van der Waals surface area contributed by atoms with Crippen LogP contribution in [0.4, 0.5) is 4.79 Å². The summed E-state index contributed by atoms with van der Waals surface area (Å²) in [6, 6.07) is 10.9. The maximum Gasteiger partial charge on any atom is 0.492 e. The number of H-pyrrole nitrogens is 1. The zero-order valence-corrected chi connectivity index (χ0v) is 17.7. The van der Waals surface area contributed by atoms with Crippen LogP contribution in [0.5, 0.6) is 0 Å². The third-order valence-corrected chi connectivity index (χ3v) is 5.40. The molecule has 1 aliphatic rings. The van der Waals surface area contributed by atoms with Gasteiger partial charge in [-0.2, -0.15) is 0 Å². The monoisotopic (exact) mass is 410 g/mol. The summed E-state index contributed by atoms with van der Waals surface area (Å²) in [5.74, 6) is 0. The first kappa shape index (κ1) is 21.9. The van der Waals surface area contributed by atoms with Crippen molar-refractivity contribution in [3.63, 3.8) is 0 Å². The molecule has 0 atom stereocenters. The van der Waals surface area contributed by atoms with Gasteiger partial charge in [-0.25, -0.2) is 4.79 Å². The molecule has 1 aliphatic heterocycles. The molecule has 2 aromatic rings. The number of carbonyl (C=O) groups is 1. The predicted octanol–water partition coefficient (Wildman–Crippen LogP) is 3.32. The highest BCUT2D eigenvalue weighted by atomic mass is 16.7. The van der Waals surface area contributed by atoms with Gasteiger partial charge < -0.3 is 24.3 Å². The number of hydrogen-bond acceptors (Lipinski definition) is 5. The number of aromatic nitrogens is 1. The van der Waals surface area contributed by atoms with Gasteiger partial charge in [-0.05, 0) is 38.7 Å². The Morgan fingerprint density at radius 1 is 1.13 bits per heavy atom. The Kier molecular flexibility index (Phi) is 6.48. The van der Waals surface area contributed by atoms with Crippen LogP contribution in [-0.2, 0) is 20.7 Å². The molecular formula is C22H27BN2O5. The smallest absolute Gasteiger partial charge is 0.445 e. The van der Waals surface area contributed by atoms with E-state index >= 15 is 0 Å². The molecule has 0 radical (unpaired) electrons. The Bertz CT molecular complexity index is 953. The fraction of sp³-hybridized carbons (Fsp3) is 0.364. The summed E-state index contributed by atoms with van der Waals surface area (Å²) in [5.41, 5.74) is 0.713. The number of benzene rings is 1. The van der Waals surface area contributed by atoms with Gasteiger partial charge in [-0.1, -0.05) is 36.4 Å². The minimum Gasteiger partial charge on any atom is -0.445 e. The van der Waals surface area contributed by atoms with E-state index in [1.165, 1.54) is 6.07 Å². The van der Waals surface area contributed by atoms with Gasteiger partial charge in [0, 0.05) is 30.6 Å². The topological polar surface area (TPSA) is 89.7 Å². The first-order valence-electron chi connectivity index (χ1n) is 9.86. The Labute approximate surface area is 176 Å². The minimum absolute atomic E-state index is 0.110. The number of rotatable bonds is 6. The second-order valence-corrected chi connectivity index (χ2v) is 8.19. The Hall–Kier alpha value is -2.84. The van der Waals surface area contributed by atoms with E-state index in [0.29, 0.717) is 11.0 Å². The summed E-state index contributed by atoms with van der Waals surface area (Å²) >= 11 is 0. The summed E-state index contributed by atoms with van der Waals surface area (Å²) in [6.45, 7) is 8.06. The summed E-state index contributed by atoms with van der Waals surface area (Å²) in [4.78, 5) is 27.3. The van der Waals surface area contributed by atoms with Crippen molar-refractivity contribution < 1.29 is 18.8 Å². The Morgan fingerprint density at radius 3 is 2.43 bits per heavy atom. The molecule has 2 N–H and O–H groups in total. The highest BCUT2D eigenvalue weighted by Gasteiger charge is 2.52. The lowest BCUT2D eigenvalue weighted by Crippen LogP contribution is -2.41. The molecule has 0 bridgehead atoms. The zero-order valence-electron chi connectivity index (χ0n) is 17.7. The fourth-order valence-corrected chi connectivity index (χ4v) is 2.89. The van der Waals surface area contributed by atoms with Crippen molar-refractivity contribution in [2.24, 2.45) is 0 Å². The van der Waals surface area contributed by atoms with Crippen molar-refractivity contribution in [1.82, 2.24) is 10.3 Å². The normalized spacial score (nSPS) is 17.6. The summed E-state index contributed by atoms with van der Waals surface area (Å²) in [6.07, 6.45) is 4.27. The van der Waals surface area contributed by atoms with E-state index in [0.717, 1.165) is 5.56 Å². The van der Waals surface area contributed by atoms with E-state index in [1.807, 2.05) is 58.0 Å². The SMILES string of the molecule is CC1(C)OB(C(=Cc2c[nH]ccc2=O)CNC(=O)OCc2ccccc2)OC1(C)C. The number of aromatic amines is 1. The first-order valence-corrected chi connectivity index (χ1v) is 9.86. The maximum atomic E-state index is 12.2. The van der Waals surface area contributed by atoms with Gasteiger partial charge in [0.05, 0.1) is 11.2 Å². The van der Waals surface area contributed by atoms with E-state index in [1.54, 1.807) is 18.5 Å². The van der Waals surface area contributed by atoms with Crippen molar-refractivity contribution in [3.8, 4) is 0 Å². The minimum atomic E-state index is -0.705. The molecule has 0 spiro atoms. The first-order chi connectivity index (χ1) is 14.2. The zero-order chi connectivity index (χ0) is 21.8. The number of amides is 1. The van der Waals surface area contributed by atoms with Crippen LogP contribution in [0, 0.1) is 0 Å². The molecule has 30 heavy (non-hydrogen) atoms. The maximum absolute atomic E-state index is 12.2. The van der Waals surface area contributed by atoms with E-state index < -0.39 is 24.4 Å². The van der Waals surface area contributed by atoms with Crippen molar-refractivity contribution in [1.29, 1.82) is 0 Å². The lowest BCUT2D eigenvalue weighted by atomic mass is 9.77. The molecule has 1 aromatic heterocycles. The molecule has 1 saturated heterocycles. The molecule has 0 unspecified atom stereocenters. The van der Waals surface area contributed by atoms with Crippen molar-refractivity contribution in [2.75, 3.05) is 6.54 Å². The molecule has 0 saturated carbocycles. The number of carbonyl (C=O) groups excluding carboxylic acids is 1. The average Bonchev–Trinajstić information content (AvgIpc) is 2.92. The molecule has 7 nitrogen and oxygen atoms in total. The molecule has 2 heterocycles. The summed E-state index contributed by atoms with van der Waals surface area (Å²) in [5, 5.41) is 2.72. The molecule has 0 aliphatic carbocycles. The number of alkyl carbamates (subject to hydrolysis) is 1. The Morgan fingerprint density at radius 2 is 1.80 bits per heavy atom. The summed E-state index contributed by atoms with van der Waals surface area (Å²) in [7, 11) is -0.705. The lowest BCUT2D eigenvalue weighted by molar-refractivity contribution is 0.00578. The van der Waals surface area contributed by atoms with Crippen molar-refractivity contribution in [3.05, 3.63) is 75.6 Å². The van der Waals surface area contributed by atoms with Crippen LogP contribution in [-0.4, -0.2) is 35.9 Å². The van der Waals surface area contributed by atoms with Gasteiger partial charge in [0.25, 0.3) is 0 Å². The van der Waals surface area contributed by atoms with Crippen LogP contribution in [0.15, 0.2) is 59.1 Å². The largest absolute Gasteiger partial charge is 0.492 e. The fourth-order valence-electron chi connectivity index (χ4n) is 2.89. The van der Waals surface area contributed by atoms with Crippen LogP contribution in [0.2, 0.25) is 0 Å². The number of nitrogens with one attached hydrogen (secondary N) is 2. The van der Waals surface area contributed by atoms with Crippen LogP contribution >= 0.6 is 0 Å². The van der Waals surface area contributed by atoms with Crippen molar-refractivity contribution >= 4 is 19.3 Å². The average molecular weight is 410 g/mol. The number of ether oxygens (including phenoxy) is 1. The van der Waals surface area contributed by atoms with Gasteiger partial charge in [-0.15, -0.1) is 0 Å². The molecule has 8 heteroatoms. The van der Waals surface area contributed by atoms with Gasteiger partial charge >= 0.3 is 13.2 Å². The highest BCUT2D eigenvalue weighted by Crippen LogP contribution is 2.38. The number of pyridine rings is 1. The molecule has 3 rings (SSSR count). The Balaban J connectivity index is 1.73. The predicted molar refractivity (Wildman–Crippen MR) is 116 cm³/mol. The highest BCUT2D eigenvalue weighted by molar-refractivity contribution is 6.56. The van der Waals surface area contributed by atoms with E-state index in [-0.39, 0.29) is 18.6 Å². The van der Waals surface area contributed by atoms with Gasteiger partial charge in [0.15, 0.2) is 5.43 Å². The van der Waals surface area contributed by atoms with Crippen LogP contribution < -0.4 is 10.7 Å². The molecular weight excluding hydrogens is 383 g/mol. The van der Waals surface area contributed by atoms with Gasteiger partial charge in [-0.3, -0.25) is 4.79 Å². The third kappa shape index (κ3) is 5.20. The molecule has 1 aromatic carbocycles. The van der Waals surface area contributed by atoms with Crippen LogP contribution in [0.25, 0.3) is 6.08 Å². The molecule has 1 fully saturated rings. The third-order valence-electron chi connectivity index (χ3n) is 5.40. The van der Waals surface area contributed by atoms with E-state index in [2.05, 4.69) is 10.3 Å². The molecule has 1 amide bonds. The summed E-state index contributed by atoms with van der Waals surface area (Å²) < 4.78 is 17.5. The van der Waals surface area contributed by atoms with Gasteiger partial charge in [0.1, 0.15) is 6.61 Å². The van der Waals surface area contributed by atoms with Crippen LogP contribution in [0.1, 0.15) is 38.8 Å². The second kappa shape index (κ2) is 8.89. The standard InChI is InChI=1S/C22H27BN2O5/c1-21(2)22(3,4)30-23(29-21)18(12-17-13-24-11-10-19(17)26)14-25-20(27)28-15-16-8-6-5-7-9-16/h5-13H,14-15H2,1-4H3,(H,24,26)(H,25,27). The van der Waals surface area contributed by atoms with Gasteiger partial charge in [0.2, 0.25) is 0 Å². The van der Waals surface area contributed by atoms with E-state index in [9.17, 15) is 9.59 Å². The second-order valence-electron chi connectivity index (χ2n) is 8.19. The van der Waals surface area contributed by atoms with Crippen molar-refractivity contribution in [2.45, 2.75) is 45.5 Å². The quantitative estimate of drug-likeness (QED) is 0.714.